The molecule has 0 heterocycles. The van der Waals surface area contributed by atoms with Crippen molar-refractivity contribution in [1.82, 2.24) is 0 Å². The number of benzene rings is 1. The summed E-state index contributed by atoms with van der Waals surface area (Å²) in [6.07, 6.45) is 4.08. The molecule has 0 saturated heterocycles. The van der Waals surface area contributed by atoms with Crippen LogP contribution >= 0.6 is 11.6 Å². The van der Waals surface area contributed by atoms with Gasteiger partial charge in [-0.3, -0.25) is 0 Å². The van der Waals surface area contributed by atoms with Crippen LogP contribution in [0.2, 0.25) is 5.02 Å². The number of halogens is 2. The fourth-order valence-corrected chi connectivity index (χ4v) is 2.74. The highest BCUT2D eigenvalue weighted by Crippen LogP contribution is 2.25. The first-order chi connectivity index (χ1) is 10.1. The molecule has 1 saturated carbocycles. The third-order valence-corrected chi connectivity index (χ3v) is 4.26. The molecule has 1 aromatic carbocycles. The predicted molar refractivity (Wildman–Crippen MR) is 83.3 cm³/mol. The molecule has 1 fully saturated rings. The second-order valence-electron chi connectivity index (χ2n) is 5.85. The summed E-state index contributed by atoms with van der Waals surface area (Å²) in [6.45, 7) is 2.77. The van der Waals surface area contributed by atoms with Gasteiger partial charge in [0.25, 0.3) is 0 Å². The molecular formula is C16H23ClFNO2. The van der Waals surface area contributed by atoms with Gasteiger partial charge in [-0.05, 0) is 43.7 Å². The SMILES string of the molecule is CC1CCC(OCC(O)CNc2cccc(Cl)c2F)CC1. The van der Waals surface area contributed by atoms with Gasteiger partial charge in [0.15, 0.2) is 5.82 Å². The van der Waals surface area contributed by atoms with Crippen LogP contribution in [0.15, 0.2) is 18.2 Å². The van der Waals surface area contributed by atoms with E-state index in [0.717, 1.165) is 18.8 Å². The van der Waals surface area contributed by atoms with Crippen molar-refractivity contribution in [2.75, 3.05) is 18.5 Å². The molecule has 0 spiro atoms. The van der Waals surface area contributed by atoms with Crippen LogP contribution in [-0.2, 0) is 4.74 Å². The van der Waals surface area contributed by atoms with Crippen LogP contribution < -0.4 is 5.32 Å². The number of ether oxygens (including phenoxy) is 1. The molecule has 0 amide bonds. The fourth-order valence-electron chi connectivity index (χ4n) is 2.57. The molecule has 0 bridgehead atoms. The molecule has 1 aliphatic rings. The molecule has 3 nitrogen and oxygen atoms in total. The van der Waals surface area contributed by atoms with Gasteiger partial charge in [-0.15, -0.1) is 0 Å². The standard InChI is InChI=1S/C16H23ClFNO2/c1-11-5-7-13(8-6-11)21-10-12(20)9-19-15-4-2-3-14(17)16(15)18/h2-4,11-13,19-20H,5-10H2,1H3. The van der Waals surface area contributed by atoms with Crippen LogP contribution in [0.1, 0.15) is 32.6 Å². The van der Waals surface area contributed by atoms with Gasteiger partial charge in [0.05, 0.1) is 29.5 Å². The molecule has 5 heteroatoms. The second-order valence-corrected chi connectivity index (χ2v) is 6.26. The number of aliphatic hydroxyl groups is 1. The van der Waals surface area contributed by atoms with Gasteiger partial charge < -0.3 is 15.2 Å². The van der Waals surface area contributed by atoms with Gasteiger partial charge in [-0.1, -0.05) is 24.6 Å². The molecule has 1 unspecified atom stereocenters. The van der Waals surface area contributed by atoms with Crippen LogP contribution in [-0.4, -0.2) is 30.5 Å². The van der Waals surface area contributed by atoms with Crippen molar-refractivity contribution >= 4 is 17.3 Å². The number of rotatable bonds is 6. The van der Waals surface area contributed by atoms with Gasteiger partial charge in [-0.25, -0.2) is 4.39 Å². The highest BCUT2D eigenvalue weighted by Gasteiger charge is 2.19. The lowest BCUT2D eigenvalue weighted by atomic mass is 9.89. The molecule has 2 rings (SSSR count). The van der Waals surface area contributed by atoms with Crippen LogP contribution in [0.25, 0.3) is 0 Å². The maximum atomic E-state index is 13.7. The average molecular weight is 316 g/mol. The Morgan fingerprint density at radius 1 is 1.38 bits per heavy atom. The average Bonchev–Trinajstić information content (AvgIpc) is 2.48. The van der Waals surface area contributed by atoms with E-state index in [4.69, 9.17) is 16.3 Å². The van der Waals surface area contributed by atoms with Crippen LogP contribution in [0.3, 0.4) is 0 Å². The summed E-state index contributed by atoms with van der Waals surface area (Å²) in [5.41, 5.74) is 0.299. The molecule has 1 aliphatic carbocycles. The Morgan fingerprint density at radius 3 is 2.81 bits per heavy atom. The van der Waals surface area contributed by atoms with Crippen molar-refractivity contribution in [3.63, 3.8) is 0 Å². The first kappa shape index (κ1) is 16.5. The van der Waals surface area contributed by atoms with E-state index < -0.39 is 11.9 Å². The molecule has 1 aromatic rings. The lowest BCUT2D eigenvalue weighted by Crippen LogP contribution is -2.29. The van der Waals surface area contributed by atoms with E-state index in [-0.39, 0.29) is 24.3 Å². The molecule has 2 N–H and O–H groups in total. The van der Waals surface area contributed by atoms with Crippen molar-refractivity contribution < 1.29 is 14.2 Å². The zero-order valence-electron chi connectivity index (χ0n) is 12.3. The molecule has 0 radical (unpaired) electrons. The Kier molecular flexibility index (Phi) is 6.27. The Labute approximate surface area is 130 Å². The minimum Gasteiger partial charge on any atom is -0.389 e. The van der Waals surface area contributed by atoms with Crippen molar-refractivity contribution in [3.8, 4) is 0 Å². The van der Waals surface area contributed by atoms with Gasteiger partial charge >= 0.3 is 0 Å². The summed E-state index contributed by atoms with van der Waals surface area (Å²) in [5, 5.41) is 12.8. The highest BCUT2D eigenvalue weighted by molar-refractivity contribution is 6.31. The lowest BCUT2D eigenvalue weighted by molar-refractivity contribution is -0.0245. The second kappa shape index (κ2) is 7.97. The molecule has 0 aliphatic heterocycles. The van der Waals surface area contributed by atoms with Gasteiger partial charge in [-0.2, -0.15) is 0 Å². The Hall–Kier alpha value is -0.840. The smallest absolute Gasteiger partial charge is 0.164 e. The molecule has 0 aromatic heterocycles. The van der Waals surface area contributed by atoms with Crippen LogP contribution in [0, 0.1) is 11.7 Å². The van der Waals surface area contributed by atoms with Crippen LogP contribution in [0.4, 0.5) is 10.1 Å². The number of hydrogen-bond acceptors (Lipinski definition) is 3. The number of anilines is 1. The summed E-state index contributed by atoms with van der Waals surface area (Å²) >= 11 is 5.70. The van der Waals surface area contributed by atoms with E-state index >= 15 is 0 Å². The highest BCUT2D eigenvalue weighted by atomic mass is 35.5. The van der Waals surface area contributed by atoms with Gasteiger partial charge in [0, 0.05) is 6.54 Å². The van der Waals surface area contributed by atoms with E-state index in [9.17, 15) is 9.50 Å². The maximum Gasteiger partial charge on any atom is 0.164 e. The fraction of sp³-hybridized carbons (Fsp3) is 0.625. The Morgan fingerprint density at radius 2 is 2.10 bits per heavy atom. The molecule has 1 atom stereocenters. The van der Waals surface area contributed by atoms with Crippen molar-refractivity contribution in [2.45, 2.75) is 44.8 Å². The minimum absolute atomic E-state index is 0.0714. The first-order valence-corrected chi connectivity index (χ1v) is 7.91. The zero-order chi connectivity index (χ0) is 15.2. The minimum atomic E-state index is -0.664. The zero-order valence-corrected chi connectivity index (χ0v) is 13.1. The third kappa shape index (κ3) is 5.13. The van der Waals surface area contributed by atoms with Crippen LogP contribution in [0.5, 0.6) is 0 Å². The first-order valence-electron chi connectivity index (χ1n) is 7.53. The quantitative estimate of drug-likeness (QED) is 0.838. The molecule has 118 valence electrons. The van der Waals surface area contributed by atoms with E-state index in [1.165, 1.54) is 18.9 Å². The number of nitrogens with one attached hydrogen (secondary N) is 1. The summed E-state index contributed by atoms with van der Waals surface area (Å²) in [7, 11) is 0. The normalized spacial score (nSPS) is 23.8. The topological polar surface area (TPSA) is 41.5 Å². The Balaban J connectivity index is 1.70. The summed E-state index contributed by atoms with van der Waals surface area (Å²) in [4.78, 5) is 0. The maximum absolute atomic E-state index is 13.7. The molecule has 21 heavy (non-hydrogen) atoms. The predicted octanol–water partition coefficient (Wildman–Crippen LogP) is 3.85. The van der Waals surface area contributed by atoms with E-state index in [0.29, 0.717) is 5.69 Å². The monoisotopic (exact) mass is 315 g/mol. The summed E-state index contributed by atoms with van der Waals surface area (Å²) in [5.74, 6) is 0.288. The number of aliphatic hydroxyl groups excluding tert-OH is 1. The summed E-state index contributed by atoms with van der Waals surface area (Å²) in [6, 6.07) is 4.75. The number of hydrogen-bond donors (Lipinski definition) is 2. The van der Waals surface area contributed by atoms with Crippen molar-refractivity contribution in [3.05, 3.63) is 29.0 Å². The lowest BCUT2D eigenvalue weighted by Gasteiger charge is -2.27. The van der Waals surface area contributed by atoms with E-state index in [1.807, 2.05) is 0 Å². The van der Waals surface area contributed by atoms with E-state index in [2.05, 4.69) is 12.2 Å². The van der Waals surface area contributed by atoms with Crippen molar-refractivity contribution in [2.24, 2.45) is 5.92 Å². The third-order valence-electron chi connectivity index (χ3n) is 3.97. The van der Waals surface area contributed by atoms with Crippen molar-refractivity contribution in [1.29, 1.82) is 0 Å². The summed E-state index contributed by atoms with van der Waals surface area (Å²) < 4.78 is 19.4. The Bertz CT molecular complexity index is 450. The van der Waals surface area contributed by atoms with Gasteiger partial charge in [0.1, 0.15) is 0 Å². The van der Waals surface area contributed by atoms with E-state index in [1.54, 1.807) is 12.1 Å². The largest absolute Gasteiger partial charge is 0.389 e. The molecular weight excluding hydrogens is 293 g/mol. The van der Waals surface area contributed by atoms with Gasteiger partial charge in [0.2, 0.25) is 0 Å².